The van der Waals surface area contributed by atoms with Crippen molar-refractivity contribution in [1.82, 2.24) is 15.0 Å². The van der Waals surface area contributed by atoms with Crippen molar-refractivity contribution in [3.63, 3.8) is 0 Å². The van der Waals surface area contributed by atoms with Crippen LogP contribution in [0.25, 0.3) is 21.7 Å². The Morgan fingerprint density at radius 2 is 2.20 bits per heavy atom. The molecule has 3 aromatic rings. The predicted molar refractivity (Wildman–Crippen MR) is 77.8 cm³/mol. The van der Waals surface area contributed by atoms with E-state index in [0.29, 0.717) is 17.3 Å². The number of nitrogens with two attached hydrogens (primary N) is 1. The van der Waals surface area contributed by atoms with Gasteiger partial charge in [-0.05, 0) is 24.6 Å². The van der Waals surface area contributed by atoms with Gasteiger partial charge in [0.2, 0.25) is 0 Å². The minimum Gasteiger partial charge on any atom is -0.308 e. The van der Waals surface area contributed by atoms with Crippen LogP contribution in [0.4, 0.5) is 10.2 Å². The van der Waals surface area contributed by atoms with E-state index in [2.05, 4.69) is 27.3 Å². The normalized spacial score (nSPS) is 10.9. The summed E-state index contributed by atoms with van der Waals surface area (Å²) in [6, 6.07) is 4.90. The lowest BCUT2D eigenvalue weighted by Gasteiger charge is -2.04. The molecule has 20 heavy (non-hydrogen) atoms. The predicted octanol–water partition coefficient (Wildman–Crippen LogP) is 2.74. The maximum atomic E-state index is 12.9. The van der Waals surface area contributed by atoms with Crippen molar-refractivity contribution in [2.75, 3.05) is 5.43 Å². The number of aromatic nitrogens is 3. The first-order chi connectivity index (χ1) is 9.71. The lowest BCUT2D eigenvalue weighted by Crippen LogP contribution is -2.10. The number of hydrogen-bond donors (Lipinski definition) is 2. The fraction of sp³-hybridized carbons (Fsp3) is 0.154. The average molecular weight is 289 g/mol. The Bertz CT molecular complexity index is 753. The fourth-order valence-corrected chi connectivity index (χ4v) is 2.85. The number of anilines is 1. The number of pyridine rings is 1. The zero-order valence-corrected chi connectivity index (χ0v) is 11.5. The van der Waals surface area contributed by atoms with Gasteiger partial charge in [0.05, 0.1) is 11.6 Å². The van der Waals surface area contributed by atoms with Gasteiger partial charge < -0.3 is 5.43 Å². The van der Waals surface area contributed by atoms with Crippen LogP contribution in [0.3, 0.4) is 0 Å². The van der Waals surface area contributed by atoms with Gasteiger partial charge in [0.25, 0.3) is 0 Å². The highest BCUT2D eigenvalue weighted by molar-refractivity contribution is 7.18. The Morgan fingerprint density at radius 3 is 2.85 bits per heavy atom. The maximum absolute atomic E-state index is 12.9. The van der Waals surface area contributed by atoms with Crippen molar-refractivity contribution in [2.45, 2.75) is 13.3 Å². The third-order valence-corrected chi connectivity index (χ3v) is 4.06. The molecule has 0 atom stereocenters. The molecular weight excluding hydrogens is 277 g/mol. The minimum absolute atomic E-state index is 0.392. The molecule has 0 aliphatic heterocycles. The van der Waals surface area contributed by atoms with Gasteiger partial charge in [-0.25, -0.2) is 25.2 Å². The van der Waals surface area contributed by atoms with Crippen LogP contribution in [0.1, 0.15) is 11.8 Å². The van der Waals surface area contributed by atoms with Crippen LogP contribution in [0.15, 0.2) is 24.4 Å². The SMILES string of the molecule is CCc1cc2c(NN)nc(-c3ccc(F)cn3)nc2s1. The van der Waals surface area contributed by atoms with E-state index in [-0.39, 0.29) is 0 Å². The molecule has 0 fully saturated rings. The highest BCUT2D eigenvalue weighted by Crippen LogP contribution is 2.30. The number of fused-ring (bicyclic) bond motifs is 1. The van der Waals surface area contributed by atoms with Crippen LogP contribution < -0.4 is 11.3 Å². The molecule has 3 heterocycles. The summed E-state index contributed by atoms with van der Waals surface area (Å²) < 4.78 is 12.9. The standard InChI is InChI=1S/C13H12FN5S/c1-2-8-5-9-11(19-15)17-12(18-13(9)20-8)10-4-3-7(14)6-16-10/h3-6H,2,15H2,1H3,(H,17,18,19). The fourth-order valence-electron chi connectivity index (χ4n) is 1.88. The monoisotopic (exact) mass is 289 g/mol. The molecular formula is C13H12FN5S. The third-order valence-electron chi connectivity index (χ3n) is 2.89. The summed E-state index contributed by atoms with van der Waals surface area (Å²) >= 11 is 1.59. The molecule has 3 rings (SSSR count). The van der Waals surface area contributed by atoms with Crippen molar-refractivity contribution < 1.29 is 4.39 Å². The van der Waals surface area contributed by atoms with Gasteiger partial charge in [-0.2, -0.15) is 0 Å². The van der Waals surface area contributed by atoms with Gasteiger partial charge >= 0.3 is 0 Å². The number of aryl methyl sites for hydroxylation is 1. The quantitative estimate of drug-likeness (QED) is 0.572. The molecule has 0 saturated carbocycles. The summed E-state index contributed by atoms with van der Waals surface area (Å²) in [5.74, 6) is 6.10. The van der Waals surface area contributed by atoms with Crippen LogP contribution in [0.2, 0.25) is 0 Å². The average Bonchev–Trinajstić information content (AvgIpc) is 2.90. The zero-order chi connectivity index (χ0) is 14.1. The van der Waals surface area contributed by atoms with Gasteiger partial charge in [0, 0.05) is 4.88 Å². The van der Waals surface area contributed by atoms with Crippen molar-refractivity contribution in [3.8, 4) is 11.5 Å². The molecule has 0 aliphatic carbocycles. The van der Waals surface area contributed by atoms with E-state index in [1.165, 1.54) is 10.9 Å². The Hall–Kier alpha value is -2.12. The molecule has 3 N–H and O–H groups in total. The van der Waals surface area contributed by atoms with Crippen LogP contribution in [-0.4, -0.2) is 15.0 Å². The molecule has 0 spiro atoms. The molecule has 5 nitrogen and oxygen atoms in total. The topological polar surface area (TPSA) is 76.7 Å². The first-order valence-corrected chi connectivity index (χ1v) is 6.92. The second kappa shape index (κ2) is 5.10. The molecule has 0 aromatic carbocycles. The summed E-state index contributed by atoms with van der Waals surface area (Å²) in [5, 5.41) is 0.889. The van der Waals surface area contributed by atoms with Crippen molar-refractivity contribution in [3.05, 3.63) is 35.1 Å². The van der Waals surface area contributed by atoms with E-state index in [1.807, 2.05) is 6.07 Å². The number of nitrogens with zero attached hydrogens (tertiary/aromatic N) is 3. The largest absolute Gasteiger partial charge is 0.308 e. The maximum Gasteiger partial charge on any atom is 0.181 e. The Labute approximate surface area is 118 Å². The molecule has 0 unspecified atom stereocenters. The number of rotatable bonds is 3. The number of nitrogens with one attached hydrogen (secondary N) is 1. The molecule has 0 amide bonds. The van der Waals surface area contributed by atoms with Crippen LogP contribution in [0, 0.1) is 5.82 Å². The van der Waals surface area contributed by atoms with E-state index in [1.54, 1.807) is 17.4 Å². The number of hydrazine groups is 1. The molecule has 3 aromatic heterocycles. The Kier molecular flexibility index (Phi) is 3.29. The molecule has 102 valence electrons. The summed E-state index contributed by atoms with van der Waals surface area (Å²) in [6.07, 6.45) is 2.07. The highest BCUT2D eigenvalue weighted by Gasteiger charge is 2.12. The molecule has 0 aliphatic rings. The number of thiophene rings is 1. The van der Waals surface area contributed by atoms with Crippen LogP contribution >= 0.6 is 11.3 Å². The zero-order valence-electron chi connectivity index (χ0n) is 10.7. The molecule has 7 heteroatoms. The number of halogens is 1. The van der Waals surface area contributed by atoms with E-state index in [9.17, 15) is 4.39 Å². The number of nitrogen functional groups attached to an aromatic ring is 1. The van der Waals surface area contributed by atoms with E-state index < -0.39 is 5.82 Å². The summed E-state index contributed by atoms with van der Waals surface area (Å²) in [7, 11) is 0. The van der Waals surface area contributed by atoms with Gasteiger partial charge in [0.1, 0.15) is 16.3 Å². The Balaban J connectivity index is 2.18. The third kappa shape index (κ3) is 2.21. The lowest BCUT2D eigenvalue weighted by molar-refractivity contribution is 0.621. The molecule has 0 bridgehead atoms. The lowest BCUT2D eigenvalue weighted by atomic mass is 10.3. The van der Waals surface area contributed by atoms with Crippen LogP contribution in [0.5, 0.6) is 0 Å². The van der Waals surface area contributed by atoms with Crippen molar-refractivity contribution >= 4 is 27.4 Å². The second-order valence-electron chi connectivity index (χ2n) is 4.19. The van der Waals surface area contributed by atoms with E-state index >= 15 is 0 Å². The molecule has 0 saturated heterocycles. The van der Waals surface area contributed by atoms with Gasteiger partial charge in [0.15, 0.2) is 11.6 Å². The smallest absolute Gasteiger partial charge is 0.181 e. The van der Waals surface area contributed by atoms with Gasteiger partial charge in [-0.15, -0.1) is 11.3 Å². The van der Waals surface area contributed by atoms with Gasteiger partial charge in [-0.3, -0.25) is 0 Å². The van der Waals surface area contributed by atoms with Crippen molar-refractivity contribution in [2.24, 2.45) is 5.84 Å². The Morgan fingerprint density at radius 1 is 1.35 bits per heavy atom. The summed E-state index contributed by atoms with van der Waals surface area (Å²) in [6.45, 7) is 2.08. The second-order valence-corrected chi connectivity index (χ2v) is 5.30. The first-order valence-electron chi connectivity index (χ1n) is 6.10. The summed E-state index contributed by atoms with van der Waals surface area (Å²) in [4.78, 5) is 14.9. The van der Waals surface area contributed by atoms with E-state index in [4.69, 9.17) is 5.84 Å². The molecule has 0 radical (unpaired) electrons. The number of hydrogen-bond acceptors (Lipinski definition) is 6. The summed E-state index contributed by atoms with van der Waals surface area (Å²) in [5.41, 5.74) is 3.09. The highest BCUT2D eigenvalue weighted by atomic mass is 32.1. The van der Waals surface area contributed by atoms with Crippen molar-refractivity contribution in [1.29, 1.82) is 0 Å². The van der Waals surface area contributed by atoms with Gasteiger partial charge in [-0.1, -0.05) is 6.92 Å². The first kappa shape index (κ1) is 12.9. The minimum atomic E-state index is -0.392. The van der Waals surface area contributed by atoms with Crippen LogP contribution in [-0.2, 0) is 6.42 Å². The van der Waals surface area contributed by atoms with E-state index in [0.717, 1.165) is 22.8 Å².